The first kappa shape index (κ1) is 22.3. The number of carbonyl (C=O) groups is 2. The maximum absolute atomic E-state index is 12.4. The molecule has 0 spiro atoms. The van der Waals surface area contributed by atoms with Gasteiger partial charge in [-0.3, -0.25) is 14.2 Å². The molecule has 0 fully saturated rings. The average Bonchev–Trinajstić information content (AvgIpc) is 3.25. The molecular weight excluding hydrogens is 416 g/mol. The number of benzene rings is 3. The van der Waals surface area contributed by atoms with Gasteiger partial charge in [-0.25, -0.2) is 0 Å². The highest BCUT2D eigenvalue weighted by Gasteiger charge is 2.20. The molecule has 33 heavy (non-hydrogen) atoms. The lowest BCUT2D eigenvalue weighted by Crippen LogP contribution is -2.36. The van der Waals surface area contributed by atoms with E-state index < -0.39 is 24.3 Å². The second-order valence-corrected chi connectivity index (χ2v) is 8.04. The molecule has 3 N–H and O–H groups in total. The molecule has 168 valence electrons. The topological polar surface area (TPSA) is 94.6 Å². The van der Waals surface area contributed by atoms with E-state index in [0.29, 0.717) is 17.9 Å². The number of nitrogens with two attached hydrogens (primary N) is 1. The predicted octanol–water partition coefficient (Wildman–Crippen LogP) is 4.45. The SMILES string of the molecule is N[C@H](CC(=O)O)C(=O)n1ccc2cc(OCc3ccc(CCc4ccccc4)cc3)ccc21. The van der Waals surface area contributed by atoms with Crippen LogP contribution in [0.5, 0.6) is 5.75 Å². The minimum absolute atomic E-state index is 0.412. The monoisotopic (exact) mass is 442 g/mol. The fourth-order valence-electron chi connectivity index (χ4n) is 3.76. The van der Waals surface area contributed by atoms with Crippen molar-refractivity contribution in [3.63, 3.8) is 0 Å². The summed E-state index contributed by atoms with van der Waals surface area (Å²) in [6.07, 6.45) is 3.20. The standard InChI is InChI=1S/C27H26N2O4/c28-24(17-26(30)31)27(32)29-15-14-22-16-23(12-13-25(22)29)33-18-21-10-8-20(9-11-21)7-6-19-4-2-1-3-5-19/h1-5,8-16,24H,6-7,17-18,28H2,(H,30,31)/t24-/m1/s1. The highest BCUT2D eigenvalue weighted by Crippen LogP contribution is 2.23. The van der Waals surface area contributed by atoms with Crippen LogP contribution >= 0.6 is 0 Å². The van der Waals surface area contributed by atoms with E-state index in [2.05, 4.69) is 48.5 Å². The molecular formula is C27H26N2O4. The first-order chi connectivity index (χ1) is 16.0. The Morgan fingerprint density at radius 3 is 2.24 bits per heavy atom. The first-order valence-electron chi connectivity index (χ1n) is 10.9. The Morgan fingerprint density at radius 2 is 1.55 bits per heavy atom. The Balaban J connectivity index is 1.35. The van der Waals surface area contributed by atoms with Crippen LogP contribution in [0.1, 0.15) is 27.9 Å². The van der Waals surface area contributed by atoms with Crippen molar-refractivity contribution in [2.75, 3.05) is 0 Å². The molecule has 0 saturated heterocycles. The van der Waals surface area contributed by atoms with E-state index in [1.54, 1.807) is 24.4 Å². The zero-order valence-corrected chi connectivity index (χ0v) is 18.2. The summed E-state index contributed by atoms with van der Waals surface area (Å²) in [4.78, 5) is 23.3. The van der Waals surface area contributed by atoms with E-state index >= 15 is 0 Å². The Labute approximate surface area is 192 Å². The van der Waals surface area contributed by atoms with Crippen LogP contribution in [-0.4, -0.2) is 27.6 Å². The molecule has 4 aromatic rings. The highest BCUT2D eigenvalue weighted by molar-refractivity contribution is 5.96. The maximum Gasteiger partial charge on any atom is 0.305 e. The Hall–Kier alpha value is -3.90. The number of carboxylic acids is 1. The molecule has 0 unspecified atom stereocenters. The van der Waals surface area contributed by atoms with E-state index in [-0.39, 0.29) is 0 Å². The maximum atomic E-state index is 12.4. The first-order valence-corrected chi connectivity index (χ1v) is 10.9. The zero-order chi connectivity index (χ0) is 23.2. The molecule has 0 aliphatic carbocycles. The lowest BCUT2D eigenvalue weighted by Gasteiger charge is -2.11. The molecule has 6 heteroatoms. The van der Waals surface area contributed by atoms with E-state index in [0.717, 1.165) is 23.8 Å². The van der Waals surface area contributed by atoms with Gasteiger partial charge in [0.1, 0.15) is 12.4 Å². The van der Waals surface area contributed by atoms with Gasteiger partial charge in [0.15, 0.2) is 0 Å². The molecule has 0 aliphatic rings. The van der Waals surface area contributed by atoms with Crippen LogP contribution in [-0.2, 0) is 24.2 Å². The summed E-state index contributed by atoms with van der Waals surface area (Å²) < 4.78 is 7.33. The minimum atomic E-state index is -1.10. The summed E-state index contributed by atoms with van der Waals surface area (Å²) in [5.74, 6) is -0.865. The second-order valence-electron chi connectivity index (χ2n) is 8.04. The number of ether oxygens (including phenoxy) is 1. The van der Waals surface area contributed by atoms with Gasteiger partial charge in [0.25, 0.3) is 0 Å². The van der Waals surface area contributed by atoms with E-state index in [1.165, 1.54) is 15.7 Å². The van der Waals surface area contributed by atoms with Gasteiger partial charge in [-0.1, -0.05) is 54.6 Å². The molecule has 0 radical (unpaired) electrons. The van der Waals surface area contributed by atoms with Crippen LogP contribution in [0.15, 0.2) is 85.1 Å². The number of aryl methyl sites for hydroxylation is 2. The molecule has 1 atom stereocenters. The van der Waals surface area contributed by atoms with Crippen molar-refractivity contribution in [3.05, 3.63) is 102 Å². The zero-order valence-electron chi connectivity index (χ0n) is 18.2. The van der Waals surface area contributed by atoms with Gasteiger partial charge in [-0.05, 0) is 53.8 Å². The molecule has 0 saturated carbocycles. The van der Waals surface area contributed by atoms with Gasteiger partial charge in [-0.2, -0.15) is 0 Å². The highest BCUT2D eigenvalue weighted by atomic mass is 16.5. The number of rotatable bonds is 9. The van der Waals surface area contributed by atoms with Crippen LogP contribution in [0.3, 0.4) is 0 Å². The third-order valence-corrected chi connectivity index (χ3v) is 5.58. The number of hydrogen-bond donors (Lipinski definition) is 2. The minimum Gasteiger partial charge on any atom is -0.489 e. The van der Waals surface area contributed by atoms with Crippen molar-refractivity contribution in [1.29, 1.82) is 0 Å². The van der Waals surface area contributed by atoms with Gasteiger partial charge >= 0.3 is 5.97 Å². The lowest BCUT2D eigenvalue weighted by molar-refractivity contribution is -0.137. The number of carboxylic acid groups (broad SMARTS) is 1. The van der Waals surface area contributed by atoms with Crippen molar-refractivity contribution < 1.29 is 19.4 Å². The number of carbonyl (C=O) groups excluding carboxylic acids is 1. The Morgan fingerprint density at radius 1 is 0.879 bits per heavy atom. The van der Waals surface area contributed by atoms with Gasteiger partial charge < -0.3 is 15.6 Å². The fraction of sp³-hybridized carbons (Fsp3) is 0.185. The predicted molar refractivity (Wildman–Crippen MR) is 127 cm³/mol. The van der Waals surface area contributed by atoms with Crippen molar-refractivity contribution in [2.24, 2.45) is 5.73 Å². The summed E-state index contributed by atoms with van der Waals surface area (Å²) in [5, 5.41) is 9.68. The van der Waals surface area contributed by atoms with E-state index in [4.69, 9.17) is 15.6 Å². The summed E-state index contributed by atoms with van der Waals surface area (Å²) in [5.41, 5.74) is 10.1. The summed E-state index contributed by atoms with van der Waals surface area (Å²) >= 11 is 0. The summed E-state index contributed by atoms with van der Waals surface area (Å²) in [6, 6.07) is 25.0. The lowest BCUT2D eigenvalue weighted by atomic mass is 10.0. The van der Waals surface area contributed by atoms with Crippen LogP contribution in [0.25, 0.3) is 10.9 Å². The Kier molecular flexibility index (Phi) is 6.86. The van der Waals surface area contributed by atoms with Crippen molar-refractivity contribution in [2.45, 2.75) is 31.9 Å². The van der Waals surface area contributed by atoms with Crippen molar-refractivity contribution >= 4 is 22.8 Å². The largest absolute Gasteiger partial charge is 0.489 e. The molecule has 1 heterocycles. The number of aromatic nitrogens is 1. The van der Waals surface area contributed by atoms with Crippen LogP contribution in [0.2, 0.25) is 0 Å². The quantitative estimate of drug-likeness (QED) is 0.399. The number of hydrogen-bond acceptors (Lipinski definition) is 4. The second kappa shape index (κ2) is 10.1. The molecule has 0 aliphatic heterocycles. The van der Waals surface area contributed by atoms with Crippen molar-refractivity contribution in [1.82, 2.24) is 4.57 Å². The van der Waals surface area contributed by atoms with Gasteiger partial charge in [0.05, 0.1) is 18.0 Å². The Bertz CT molecular complexity index is 1250. The van der Waals surface area contributed by atoms with Crippen molar-refractivity contribution in [3.8, 4) is 5.75 Å². The molecule has 0 amide bonds. The van der Waals surface area contributed by atoms with E-state index in [9.17, 15) is 9.59 Å². The van der Waals surface area contributed by atoms with Gasteiger partial charge in [0, 0.05) is 11.6 Å². The molecule has 1 aromatic heterocycles. The third-order valence-electron chi connectivity index (χ3n) is 5.58. The van der Waals surface area contributed by atoms with Gasteiger partial charge in [-0.15, -0.1) is 0 Å². The number of nitrogens with zero attached hydrogens (tertiary/aromatic N) is 1. The number of aliphatic carboxylic acids is 1. The van der Waals surface area contributed by atoms with Crippen LogP contribution in [0.4, 0.5) is 0 Å². The normalized spacial score (nSPS) is 11.9. The third kappa shape index (κ3) is 5.67. The summed E-state index contributed by atoms with van der Waals surface area (Å²) in [6.45, 7) is 0.438. The summed E-state index contributed by atoms with van der Waals surface area (Å²) in [7, 11) is 0. The average molecular weight is 443 g/mol. The fourth-order valence-corrected chi connectivity index (χ4v) is 3.76. The molecule has 4 rings (SSSR count). The van der Waals surface area contributed by atoms with E-state index in [1.807, 2.05) is 12.1 Å². The van der Waals surface area contributed by atoms with Crippen LogP contribution in [0, 0.1) is 0 Å². The van der Waals surface area contributed by atoms with Gasteiger partial charge in [0.2, 0.25) is 5.91 Å². The smallest absolute Gasteiger partial charge is 0.305 e. The number of fused-ring (bicyclic) bond motifs is 1. The molecule has 3 aromatic carbocycles. The molecule has 0 bridgehead atoms. The van der Waals surface area contributed by atoms with Crippen LogP contribution < -0.4 is 10.5 Å². The molecule has 6 nitrogen and oxygen atoms in total.